The van der Waals surface area contributed by atoms with E-state index in [9.17, 15) is 0 Å². The van der Waals surface area contributed by atoms with Gasteiger partial charge in [0.05, 0.1) is 0 Å². The molecule has 0 saturated heterocycles. The summed E-state index contributed by atoms with van der Waals surface area (Å²) in [7, 11) is 0. The molecule has 1 aromatic rings. The summed E-state index contributed by atoms with van der Waals surface area (Å²) in [6, 6.07) is 7.92. The van der Waals surface area contributed by atoms with Crippen LogP contribution in [-0.4, -0.2) is 0 Å². The molecule has 0 radical (unpaired) electrons. The van der Waals surface area contributed by atoms with Gasteiger partial charge < -0.3 is 0 Å². The van der Waals surface area contributed by atoms with Crippen LogP contribution >= 0.6 is 27.5 Å². The van der Waals surface area contributed by atoms with Crippen LogP contribution in [0.25, 0.3) is 4.48 Å². The van der Waals surface area contributed by atoms with Crippen LogP contribution in [0.5, 0.6) is 0 Å². The molecule has 1 aromatic carbocycles. The SMILES string of the molecule is Clc1cccc(/C(Br)=C/C2C=CCCC2)c1. The first-order valence-corrected chi connectivity index (χ1v) is 6.73. The molecule has 0 amide bonds. The van der Waals surface area contributed by atoms with Crippen molar-refractivity contribution in [3.05, 3.63) is 53.1 Å². The van der Waals surface area contributed by atoms with Gasteiger partial charge in [-0.25, -0.2) is 0 Å². The standard InChI is InChI=1S/C14H14BrCl/c15-14(9-11-5-2-1-3-6-11)12-7-4-8-13(16)10-12/h2,4-5,7-11H,1,3,6H2/b14-9-. The monoisotopic (exact) mass is 296 g/mol. The number of benzene rings is 1. The van der Waals surface area contributed by atoms with Crippen molar-refractivity contribution in [2.24, 2.45) is 5.92 Å². The lowest BCUT2D eigenvalue weighted by Gasteiger charge is -2.12. The van der Waals surface area contributed by atoms with Gasteiger partial charge in [0.2, 0.25) is 0 Å². The van der Waals surface area contributed by atoms with Gasteiger partial charge in [-0.3, -0.25) is 0 Å². The summed E-state index contributed by atoms with van der Waals surface area (Å²) in [5, 5.41) is 0.780. The van der Waals surface area contributed by atoms with E-state index in [1.807, 2.05) is 18.2 Å². The van der Waals surface area contributed by atoms with Gasteiger partial charge in [-0.15, -0.1) is 0 Å². The molecule has 2 rings (SSSR count). The average molecular weight is 298 g/mol. The van der Waals surface area contributed by atoms with Crippen LogP contribution < -0.4 is 0 Å². The van der Waals surface area contributed by atoms with Crippen LogP contribution in [0.15, 0.2) is 42.5 Å². The molecule has 0 fully saturated rings. The zero-order chi connectivity index (χ0) is 11.4. The molecule has 1 atom stereocenters. The summed E-state index contributed by atoms with van der Waals surface area (Å²) in [6.07, 6.45) is 10.6. The highest BCUT2D eigenvalue weighted by Crippen LogP contribution is 2.28. The Labute approximate surface area is 110 Å². The Bertz CT molecular complexity index is 420. The Morgan fingerprint density at radius 2 is 2.31 bits per heavy atom. The van der Waals surface area contributed by atoms with Crippen LogP contribution in [-0.2, 0) is 0 Å². The number of allylic oxidation sites excluding steroid dienone is 3. The Morgan fingerprint density at radius 1 is 1.44 bits per heavy atom. The summed E-state index contributed by atoms with van der Waals surface area (Å²) in [5.74, 6) is 0.558. The lowest BCUT2D eigenvalue weighted by molar-refractivity contribution is 0.632. The summed E-state index contributed by atoms with van der Waals surface area (Å²) in [6.45, 7) is 0. The van der Waals surface area contributed by atoms with Gasteiger partial charge in [0.25, 0.3) is 0 Å². The summed E-state index contributed by atoms with van der Waals surface area (Å²) >= 11 is 9.59. The third-order valence-electron chi connectivity index (χ3n) is 2.75. The van der Waals surface area contributed by atoms with Crippen LogP contribution in [0.1, 0.15) is 24.8 Å². The fourth-order valence-electron chi connectivity index (χ4n) is 1.90. The quantitative estimate of drug-likeness (QED) is 0.638. The van der Waals surface area contributed by atoms with Gasteiger partial charge in [-0.1, -0.05) is 57.9 Å². The molecule has 0 aliphatic heterocycles. The highest BCUT2D eigenvalue weighted by atomic mass is 79.9. The first-order chi connectivity index (χ1) is 7.75. The van der Waals surface area contributed by atoms with Crippen LogP contribution in [0.4, 0.5) is 0 Å². The molecule has 0 N–H and O–H groups in total. The van der Waals surface area contributed by atoms with Crippen molar-refractivity contribution in [3.63, 3.8) is 0 Å². The predicted octanol–water partition coefficient (Wildman–Crippen LogP) is 5.43. The molecule has 0 heterocycles. The second kappa shape index (κ2) is 5.70. The molecular weight excluding hydrogens is 284 g/mol. The Morgan fingerprint density at radius 3 is 3.00 bits per heavy atom. The van der Waals surface area contributed by atoms with Crippen molar-refractivity contribution in [1.82, 2.24) is 0 Å². The Hall–Kier alpha value is -0.530. The fourth-order valence-corrected chi connectivity index (χ4v) is 2.68. The average Bonchev–Trinajstić information content (AvgIpc) is 2.30. The van der Waals surface area contributed by atoms with Crippen molar-refractivity contribution < 1.29 is 0 Å². The Balaban J connectivity index is 2.17. The van der Waals surface area contributed by atoms with Crippen molar-refractivity contribution in [2.45, 2.75) is 19.3 Å². The molecular formula is C14H14BrCl. The van der Waals surface area contributed by atoms with E-state index in [1.165, 1.54) is 19.3 Å². The minimum absolute atomic E-state index is 0.558. The normalized spacial score (nSPS) is 21.1. The minimum Gasteiger partial charge on any atom is -0.0879 e. The number of hydrogen-bond acceptors (Lipinski definition) is 0. The third-order valence-corrected chi connectivity index (χ3v) is 3.71. The van der Waals surface area contributed by atoms with E-state index in [1.54, 1.807) is 0 Å². The van der Waals surface area contributed by atoms with E-state index in [0.29, 0.717) is 5.92 Å². The lowest BCUT2D eigenvalue weighted by atomic mass is 9.95. The minimum atomic E-state index is 0.558. The van der Waals surface area contributed by atoms with E-state index in [2.05, 4.69) is 40.2 Å². The van der Waals surface area contributed by atoms with E-state index in [-0.39, 0.29) is 0 Å². The smallest absolute Gasteiger partial charge is 0.0412 e. The first-order valence-electron chi connectivity index (χ1n) is 5.55. The van der Waals surface area contributed by atoms with Gasteiger partial charge in [-0.2, -0.15) is 0 Å². The van der Waals surface area contributed by atoms with Gasteiger partial charge >= 0.3 is 0 Å². The van der Waals surface area contributed by atoms with Crippen LogP contribution in [0, 0.1) is 5.92 Å². The van der Waals surface area contributed by atoms with Crippen molar-refractivity contribution in [2.75, 3.05) is 0 Å². The highest BCUT2D eigenvalue weighted by Gasteiger charge is 2.07. The third kappa shape index (κ3) is 3.23. The molecule has 0 nitrogen and oxygen atoms in total. The molecule has 1 aliphatic carbocycles. The molecule has 16 heavy (non-hydrogen) atoms. The van der Waals surface area contributed by atoms with Gasteiger partial charge in [-0.05, 0) is 42.9 Å². The zero-order valence-electron chi connectivity index (χ0n) is 9.00. The fraction of sp³-hybridized carbons (Fsp3) is 0.286. The Kier molecular flexibility index (Phi) is 4.25. The number of hydrogen-bond donors (Lipinski definition) is 0. The summed E-state index contributed by atoms with van der Waals surface area (Å²) in [5.41, 5.74) is 1.14. The largest absolute Gasteiger partial charge is 0.0879 e. The maximum Gasteiger partial charge on any atom is 0.0412 e. The van der Waals surface area contributed by atoms with Crippen LogP contribution in [0.2, 0.25) is 5.02 Å². The van der Waals surface area contributed by atoms with Crippen molar-refractivity contribution >= 4 is 32.0 Å². The molecule has 0 spiro atoms. The second-order valence-corrected chi connectivity index (χ2v) is 5.34. The van der Waals surface area contributed by atoms with Crippen LogP contribution in [0.3, 0.4) is 0 Å². The highest BCUT2D eigenvalue weighted by molar-refractivity contribution is 9.15. The van der Waals surface area contributed by atoms with Crippen molar-refractivity contribution in [3.8, 4) is 0 Å². The maximum absolute atomic E-state index is 5.97. The summed E-state index contributed by atoms with van der Waals surface area (Å²) < 4.78 is 1.13. The molecule has 1 unspecified atom stereocenters. The van der Waals surface area contributed by atoms with Crippen molar-refractivity contribution in [1.29, 1.82) is 0 Å². The molecule has 2 heteroatoms. The first kappa shape index (κ1) is 11.9. The van der Waals surface area contributed by atoms with Gasteiger partial charge in [0, 0.05) is 9.51 Å². The van der Waals surface area contributed by atoms with E-state index in [4.69, 9.17) is 11.6 Å². The molecule has 1 aliphatic rings. The molecule has 0 bridgehead atoms. The second-order valence-electron chi connectivity index (χ2n) is 4.05. The maximum atomic E-state index is 5.97. The predicted molar refractivity (Wildman–Crippen MR) is 74.8 cm³/mol. The number of halogens is 2. The van der Waals surface area contributed by atoms with E-state index >= 15 is 0 Å². The summed E-state index contributed by atoms with van der Waals surface area (Å²) in [4.78, 5) is 0. The van der Waals surface area contributed by atoms with Gasteiger partial charge in [0.15, 0.2) is 0 Å². The van der Waals surface area contributed by atoms with E-state index < -0.39 is 0 Å². The molecule has 0 aromatic heterocycles. The van der Waals surface area contributed by atoms with Gasteiger partial charge in [0.1, 0.15) is 0 Å². The number of rotatable bonds is 2. The molecule has 0 saturated carbocycles. The zero-order valence-corrected chi connectivity index (χ0v) is 11.3. The molecule has 84 valence electrons. The lowest BCUT2D eigenvalue weighted by Crippen LogP contribution is -1.97. The topological polar surface area (TPSA) is 0 Å². The van der Waals surface area contributed by atoms with E-state index in [0.717, 1.165) is 15.1 Å².